The molecule has 0 radical (unpaired) electrons. The van der Waals surface area contributed by atoms with Crippen LogP contribution < -0.4 is 0 Å². The number of halogens is 3. The van der Waals surface area contributed by atoms with Crippen molar-refractivity contribution in [1.29, 1.82) is 0 Å². The Kier molecular flexibility index (Phi) is 4.87. The van der Waals surface area contributed by atoms with Crippen molar-refractivity contribution in [3.63, 3.8) is 0 Å². The first-order chi connectivity index (χ1) is 11.8. The Balaban J connectivity index is 2.16. The van der Waals surface area contributed by atoms with Gasteiger partial charge < -0.3 is 10.1 Å². The molecule has 0 unspecified atom stereocenters. The van der Waals surface area contributed by atoms with Crippen LogP contribution >= 0.6 is 23.2 Å². The van der Waals surface area contributed by atoms with Crippen LogP contribution in [-0.4, -0.2) is 15.1 Å². The molecule has 3 aromatic rings. The molecule has 3 nitrogen and oxygen atoms in total. The summed E-state index contributed by atoms with van der Waals surface area (Å²) in [5.74, 6) is 0.134. The Labute approximate surface area is 155 Å². The molecule has 25 heavy (non-hydrogen) atoms. The minimum absolute atomic E-state index is 0.217. The zero-order valence-corrected chi connectivity index (χ0v) is 15.3. The molecule has 0 aliphatic carbocycles. The molecule has 2 aromatic carbocycles. The number of aliphatic hydroxyl groups excluding tert-OH is 1. The van der Waals surface area contributed by atoms with Crippen LogP contribution in [0.25, 0.3) is 11.3 Å². The van der Waals surface area contributed by atoms with Gasteiger partial charge in [-0.25, -0.2) is 9.37 Å². The maximum absolute atomic E-state index is 13.3. The highest BCUT2D eigenvalue weighted by Gasteiger charge is 2.30. The van der Waals surface area contributed by atoms with Crippen molar-refractivity contribution >= 4 is 23.2 Å². The highest BCUT2D eigenvalue weighted by Crippen LogP contribution is 2.38. The fourth-order valence-electron chi connectivity index (χ4n) is 2.80. The molecule has 130 valence electrons. The summed E-state index contributed by atoms with van der Waals surface area (Å²) in [6, 6.07) is 11.6. The van der Waals surface area contributed by atoms with E-state index in [1.165, 1.54) is 12.1 Å². The van der Waals surface area contributed by atoms with Crippen molar-refractivity contribution in [2.24, 2.45) is 0 Å². The van der Waals surface area contributed by atoms with Crippen LogP contribution in [0.5, 0.6) is 0 Å². The van der Waals surface area contributed by atoms with Gasteiger partial charge in [0.15, 0.2) is 0 Å². The van der Waals surface area contributed by atoms with Crippen molar-refractivity contribution in [2.75, 3.05) is 0 Å². The van der Waals surface area contributed by atoms with Crippen molar-refractivity contribution in [2.45, 2.75) is 25.9 Å². The molecular formula is C19H17Cl2FN2O. The Hall–Kier alpha value is -1.88. The lowest BCUT2D eigenvalue weighted by atomic mass is 9.80. The molecule has 0 amide bonds. The number of hydrogen-bond donors (Lipinski definition) is 2. The molecule has 3 rings (SSSR count). The van der Waals surface area contributed by atoms with Gasteiger partial charge in [0, 0.05) is 11.0 Å². The fraction of sp³-hybridized carbons (Fsp3) is 0.211. The highest BCUT2D eigenvalue weighted by atomic mass is 35.5. The lowest BCUT2D eigenvalue weighted by molar-refractivity contribution is 0.272. The maximum Gasteiger partial charge on any atom is 0.132 e. The van der Waals surface area contributed by atoms with Crippen LogP contribution in [0.2, 0.25) is 10.0 Å². The number of hydrogen-bond acceptors (Lipinski definition) is 2. The van der Waals surface area contributed by atoms with Crippen molar-refractivity contribution < 1.29 is 9.50 Å². The zero-order valence-electron chi connectivity index (χ0n) is 13.8. The smallest absolute Gasteiger partial charge is 0.132 e. The van der Waals surface area contributed by atoms with Crippen LogP contribution in [0.1, 0.15) is 30.9 Å². The standard InChI is InChI=1S/C19H17Cl2FN2O/c1-19(2,12-5-8-14(20)15(21)9-12)18-17(23-16(10-25)24-18)11-3-6-13(22)7-4-11/h3-9,25H,10H2,1-2H3,(H,23,24). The second kappa shape index (κ2) is 6.79. The monoisotopic (exact) mass is 378 g/mol. The van der Waals surface area contributed by atoms with Crippen LogP contribution in [0, 0.1) is 5.82 Å². The maximum atomic E-state index is 13.3. The van der Waals surface area contributed by atoms with Crippen LogP contribution in [0.15, 0.2) is 42.5 Å². The van der Waals surface area contributed by atoms with Gasteiger partial charge in [-0.15, -0.1) is 0 Å². The van der Waals surface area contributed by atoms with E-state index in [1.807, 2.05) is 26.0 Å². The molecule has 6 heteroatoms. The van der Waals surface area contributed by atoms with Crippen molar-refractivity contribution in [3.8, 4) is 11.3 Å². The van der Waals surface area contributed by atoms with Crippen molar-refractivity contribution in [3.05, 3.63) is 75.4 Å². The van der Waals surface area contributed by atoms with Gasteiger partial charge in [0.2, 0.25) is 0 Å². The first-order valence-electron chi connectivity index (χ1n) is 7.74. The van der Waals surface area contributed by atoms with Crippen LogP contribution in [-0.2, 0) is 12.0 Å². The van der Waals surface area contributed by atoms with Gasteiger partial charge in [0.1, 0.15) is 18.2 Å². The largest absolute Gasteiger partial charge is 0.388 e. The number of nitrogens with one attached hydrogen (secondary N) is 1. The van der Waals surface area contributed by atoms with Gasteiger partial charge in [-0.2, -0.15) is 0 Å². The number of benzene rings is 2. The SMILES string of the molecule is CC(C)(c1ccc(Cl)c(Cl)c1)c1[nH]c(CO)nc1-c1ccc(F)cc1. The molecule has 2 N–H and O–H groups in total. The predicted octanol–water partition coefficient (Wildman–Crippen LogP) is 5.34. The molecule has 0 aliphatic rings. The second-order valence-corrected chi connectivity index (χ2v) is 7.14. The lowest BCUT2D eigenvalue weighted by Gasteiger charge is -2.26. The van der Waals surface area contributed by atoms with Gasteiger partial charge in [0.05, 0.1) is 21.4 Å². The second-order valence-electron chi connectivity index (χ2n) is 6.33. The number of aliphatic hydroxyl groups is 1. The summed E-state index contributed by atoms with van der Waals surface area (Å²) < 4.78 is 13.3. The summed E-state index contributed by atoms with van der Waals surface area (Å²) in [5.41, 5.74) is 2.69. The van der Waals surface area contributed by atoms with E-state index in [0.29, 0.717) is 21.6 Å². The molecule has 0 saturated carbocycles. The van der Waals surface area contributed by atoms with Crippen molar-refractivity contribution in [1.82, 2.24) is 9.97 Å². The molecule has 1 heterocycles. The van der Waals surface area contributed by atoms with Crippen LogP contribution in [0.4, 0.5) is 4.39 Å². The third-order valence-corrected chi connectivity index (χ3v) is 5.03. The summed E-state index contributed by atoms with van der Waals surface area (Å²) in [4.78, 5) is 7.66. The zero-order chi connectivity index (χ0) is 18.2. The van der Waals surface area contributed by atoms with E-state index in [2.05, 4.69) is 9.97 Å². The number of aromatic amines is 1. The van der Waals surface area contributed by atoms with E-state index in [9.17, 15) is 9.50 Å². The topological polar surface area (TPSA) is 48.9 Å². The van der Waals surface area contributed by atoms with Gasteiger partial charge in [-0.3, -0.25) is 0 Å². The summed E-state index contributed by atoms with van der Waals surface area (Å²) in [5, 5.41) is 10.4. The minimum Gasteiger partial charge on any atom is -0.388 e. The summed E-state index contributed by atoms with van der Waals surface area (Å²) >= 11 is 12.2. The van der Waals surface area contributed by atoms with Crippen LogP contribution in [0.3, 0.4) is 0 Å². The molecule has 0 fully saturated rings. The van der Waals surface area contributed by atoms with E-state index in [1.54, 1.807) is 18.2 Å². The van der Waals surface area contributed by atoms with E-state index >= 15 is 0 Å². The number of aromatic nitrogens is 2. The number of nitrogens with zero attached hydrogens (tertiary/aromatic N) is 1. The Morgan fingerprint density at radius 3 is 2.36 bits per heavy atom. The quantitative estimate of drug-likeness (QED) is 0.643. The Morgan fingerprint density at radius 2 is 1.76 bits per heavy atom. The normalized spacial score (nSPS) is 11.8. The molecule has 0 spiro atoms. The third kappa shape index (κ3) is 3.43. The molecule has 0 saturated heterocycles. The molecule has 0 bridgehead atoms. The summed E-state index contributed by atoms with van der Waals surface area (Å²) in [7, 11) is 0. The summed E-state index contributed by atoms with van der Waals surface area (Å²) in [6.07, 6.45) is 0. The Morgan fingerprint density at radius 1 is 1.08 bits per heavy atom. The van der Waals surface area contributed by atoms with Gasteiger partial charge in [-0.05, 0) is 42.0 Å². The molecule has 1 aromatic heterocycles. The van der Waals surface area contributed by atoms with E-state index in [0.717, 1.165) is 16.8 Å². The predicted molar refractivity (Wildman–Crippen MR) is 98.5 cm³/mol. The van der Waals surface area contributed by atoms with Gasteiger partial charge >= 0.3 is 0 Å². The minimum atomic E-state index is -0.488. The Bertz CT molecular complexity index is 904. The average molecular weight is 379 g/mol. The van der Waals surface area contributed by atoms with E-state index in [4.69, 9.17) is 23.2 Å². The number of rotatable bonds is 4. The first kappa shape index (κ1) is 17.9. The molecule has 0 atom stereocenters. The molecule has 0 aliphatic heterocycles. The van der Waals surface area contributed by atoms with Gasteiger partial charge in [-0.1, -0.05) is 43.1 Å². The van der Waals surface area contributed by atoms with E-state index < -0.39 is 5.41 Å². The number of imidazole rings is 1. The first-order valence-corrected chi connectivity index (χ1v) is 8.50. The number of H-pyrrole nitrogens is 1. The lowest BCUT2D eigenvalue weighted by Crippen LogP contribution is -2.20. The molecular weight excluding hydrogens is 362 g/mol. The highest BCUT2D eigenvalue weighted by molar-refractivity contribution is 6.42. The third-order valence-electron chi connectivity index (χ3n) is 4.29. The fourth-order valence-corrected chi connectivity index (χ4v) is 3.09. The average Bonchev–Trinajstić information content (AvgIpc) is 3.03. The summed E-state index contributed by atoms with van der Waals surface area (Å²) in [6.45, 7) is 3.83. The van der Waals surface area contributed by atoms with E-state index in [-0.39, 0.29) is 12.4 Å². The van der Waals surface area contributed by atoms with Gasteiger partial charge in [0.25, 0.3) is 0 Å².